The quantitative estimate of drug-likeness (QED) is 0.715. The van der Waals surface area contributed by atoms with Crippen LogP contribution in [0.1, 0.15) is 18.4 Å². The highest BCUT2D eigenvalue weighted by molar-refractivity contribution is 9.10. The molecule has 0 bridgehead atoms. The number of hydrogen-bond donors (Lipinski definition) is 1. The minimum Gasteiger partial charge on any atom is -0.507 e. The van der Waals surface area contributed by atoms with Gasteiger partial charge in [-0.05, 0) is 35.9 Å². The number of para-hydroxylation sites is 1. The number of nitrogens with zero attached hydrogens (tertiary/aromatic N) is 3. The van der Waals surface area contributed by atoms with Crippen LogP contribution in [0, 0.1) is 0 Å². The summed E-state index contributed by atoms with van der Waals surface area (Å²) in [6, 6.07) is 13.1. The fourth-order valence-electron chi connectivity index (χ4n) is 3.15. The molecule has 5 nitrogen and oxygen atoms in total. The third-order valence-electron chi connectivity index (χ3n) is 4.65. The van der Waals surface area contributed by atoms with Crippen molar-refractivity contribution >= 4 is 32.7 Å². The monoisotopic (exact) mass is 397 g/mol. The second-order valence-corrected chi connectivity index (χ2v) is 7.15. The van der Waals surface area contributed by atoms with E-state index in [9.17, 15) is 9.90 Å². The molecule has 0 aliphatic carbocycles. The molecule has 25 heavy (non-hydrogen) atoms. The number of phenols is 1. The maximum Gasteiger partial charge on any atom is 0.219 e. The molecule has 2 heterocycles. The van der Waals surface area contributed by atoms with Gasteiger partial charge in [-0.2, -0.15) is 0 Å². The standard InChI is InChI=1S/C19H16BrN3O2/c1-11(24)23-9-13(10-23)15-6-12-7-18(14-4-2-3-5-19(14)25)22-21-17(12)8-16(15)20/h2-8,13,25H,9-10H2,1H3. The molecule has 1 aliphatic rings. The Balaban J connectivity index is 1.74. The molecule has 1 aromatic heterocycles. The van der Waals surface area contributed by atoms with Crippen molar-refractivity contribution in [3.8, 4) is 17.0 Å². The van der Waals surface area contributed by atoms with Gasteiger partial charge in [0, 0.05) is 41.4 Å². The van der Waals surface area contributed by atoms with Gasteiger partial charge in [-0.3, -0.25) is 4.79 Å². The Labute approximate surface area is 153 Å². The molecule has 1 N–H and O–H groups in total. The molecule has 3 aromatic rings. The number of carbonyl (C=O) groups excluding carboxylic acids is 1. The van der Waals surface area contributed by atoms with Crippen molar-refractivity contribution < 1.29 is 9.90 Å². The molecule has 0 saturated carbocycles. The third kappa shape index (κ3) is 2.87. The summed E-state index contributed by atoms with van der Waals surface area (Å²) in [4.78, 5) is 13.2. The lowest BCUT2D eigenvalue weighted by molar-refractivity contribution is -0.133. The Morgan fingerprint density at radius 3 is 2.68 bits per heavy atom. The number of benzene rings is 2. The van der Waals surface area contributed by atoms with Gasteiger partial charge in [-0.25, -0.2) is 0 Å². The number of likely N-dealkylation sites (tertiary alicyclic amines) is 1. The molecule has 0 spiro atoms. The summed E-state index contributed by atoms with van der Waals surface area (Å²) >= 11 is 3.61. The van der Waals surface area contributed by atoms with Gasteiger partial charge >= 0.3 is 0 Å². The molecule has 2 aromatic carbocycles. The van der Waals surface area contributed by atoms with Crippen LogP contribution < -0.4 is 0 Å². The van der Waals surface area contributed by atoms with Gasteiger partial charge in [0.25, 0.3) is 0 Å². The lowest BCUT2D eigenvalue weighted by atomic mass is 9.90. The van der Waals surface area contributed by atoms with Crippen LogP contribution in [0.2, 0.25) is 0 Å². The fraction of sp³-hybridized carbons (Fsp3) is 0.211. The Bertz CT molecular complexity index is 984. The lowest BCUT2D eigenvalue weighted by Gasteiger charge is -2.39. The van der Waals surface area contributed by atoms with E-state index in [1.807, 2.05) is 29.2 Å². The smallest absolute Gasteiger partial charge is 0.219 e. The average Bonchev–Trinajstić information content (AvgIpc) is 2.54. The number of amides is 1. The number of halogens is 1. The van der Waals surface area contributed by atoms with Crippen LogP contribution in [0.15, 0.2) is 46.9 Å². The first-order valence-corrected chi connectivity index (χ1v) is 8.83. The van der Waals surface area contributed by atoms with Crippen LogP contribution >= 0.6 is 15.9 Å². The molecule has 1 aliphatic heterocycles. The first-order chi connectivity index (χ1) is 12.0. The van der Waals surface area contributed by atoms with E-state index in [2.05, 4.69) is 32.2 Å². The maximum atomic E-state index is 11.4. The van der Waals surface area contributed by atoms with E-state index in [-0.39, 0.29) is 11.7 Å². The molecule has 0 atom stereocenters. The minimum absolute atomic E-state index is 0.112. The summed E-state index contributed by atoms with van der Waals surface area (Å²) in [6.45, 7) is 3.08. The number of carbonyl (C=O) groups is 1. The van der Waals surface area contributed by atoms with Crippen molar-refractivity contribution in [2.24, 2.45) is 0 Å². The third-order valence-corrected chi connectivity index (χ3v) is 5.34. The molecule has 4 rings (SSSR count). The summed E-state index contributed by atoms with van der Waals surface area (Å²) in [7, 11) is 0. The van der Waals surface area contributed by atoms with Crippen LogP contribution in [0.3, 0.4) is 0 Å². The summed E-state index contributed by atoms with van der Waals surface area (Å²) in [5, 5.41) is 19.5. The Hall–Kier alpha value is -2.47. The topological polar surface area (TPSA) is 66.3 Å². The zero-order chi connectivity index (χ0) is 17.6. The van der Waals surface area contributed by atoms with Gasteiger partial charge in [-0.15, -0.1) is 10.2 Å². The number of hydrogen-bond acceptors (Lipinski definition) is 4. The second-order valence-electron chi connectivity index (χ2n) is 6.30. The number of phenolic OH excluding ortho intramolecular Hbond substituents is 1. The average molecular weight is 398 g/mol. The highest BCUT2D eigenvalue weighted by Gasteiger charge is 2.31. The highest BCUT2D eigenvalue weighted by atomic mass is 79.9. The summed E-state index contributed by atoms with van der Waals surface area (Å²) in [6.07, 6.45) is 0. The van der Waals surface area contributed by atoms with E-state index in [1.165, 1.54) is 5.56 Å². The normalized spacial score (nSPS) is 14.6. The molecular weight excluding hydrogens is 382 g/mol. The van der Waals surface area contributed by atoms with Gasteiger partial charge in [0.05, 0.1) is 11.2 Å². The predicted octanol–water partition coefficient (Wildman–Crippen LogP) is 3.71. The molecule has 6 heteroatoms. The Morgan fingerprint density at radius 1 is 1.20 bits per heavy atom. The summed E-state index contributed by atoms with van der Waals surface area (Å²) in [5.41, 5.74) is 3.25. The fourth-order valence-corrected chi connectivity index (χ4v) is 3.81. The van der Waals surface area contributed by atoms with Gasteiger partial charge < -0.3 is 10.0 Å². The zero-order valence-electron chi connectivity index (χ0n) is 13.6. The first kappa shape index (κ1) is 16.0. The van der Waals surface area contributed by atoms with Gasteiger partial charge in [-0.1, -0.05) is 28.1 Å². The van der Waals surface area contributed by atoms with Gasteiger partial charge in [0.15, 0.2) is 0 Å². The summed E-state index contributed by atoms with van der Waals surface area (Å²) < 4.78 is 0.984. The number of aromatic hydroxyl groups is 1. The van der Waals surface area contributed by atoms with E-state index < -0.39 is 0 Å². The second kappa shape index (κ2) is 6.11. The number of fused-ring (bicyclic) bond motifs is 1. The van der Waals surface area contributed by atoms with E-state index in [4.69, 9.17) is 0 Å². The SMILES string of the molecule is CC(=O)N1CC(c2cc3cc(-c4ccccc4O)nnc3cc2Br)C1. The molecule has 0 unspecified atom stereocenters. The van der Waals surface area contributed by atoms with Crippen LogP contribution in [0.4, 0.5) is 0 Å². The molecule has 0 radical (unpaired) electrons. The van der Waals surface area contributed by atoms with Crippen molar-refractivity contribution in [1.82, 2.24) is 15.1 Å². The van der Waals surface area contributed by atoms with Crippen LogP contribution in [-0.2, 0) is 4.79 Å². The largest absolute Gasteiger partial charge is 0.507 e. The zero-order valence-corrected chi connectivity index (χ0v) is 15.2. The van der Waals surface area contributed by atoms with Crippen molar-refractivity contribution in [3.05, 3.63) is 52.5 Å². The Kier molecular flexibility index (Phi) is 3.92. The van der Waals surface area contributed by atoms with Crippen LogP contribution in [-0.4, -0.2) is 39.2 Å². The van der Waals surface area contributed by atoms with Crippen molar-refractivity contribution in [1.29, 1.82) is 0 Å². The molecule has 1 saturated heterocycles. The van der Waals surface area contributed by atoms with E-state index in [0.717, 1.165) is 28.5 Å². The first-order valence-electron chi connectivity index (χ1n) is 8.03. The lowest BCUT2D eigenvalue weighted by Crippen LogP contribution is -2.47. The number of aromatic nitrogens is 2. The van der Waals surface area contributed by atoms with E-state index >= 15 is 0 Å². The van der Waals surface area contributed by atoms with E-state index in [1.54, 1.807) is 19.1 Å². The van der Waals surface area contributed by atoms with Gasteiger partial charge in [0.2, 0.25) is 5.91 Å². The van der Waals surface area contributed by atoms with Crippen molar-refractivity contribution in [3.63, 3.8) is 0 Å². The predicted molar refractivity (Wildman–Crippen MR) is 99.3 cm³/mol. The number of rotatable bonds is 2. The minimum atomic E-state index is 0.112. The molecular formula is C19H16BrN3O2. The van der Waals surface area contributed by atoms with Crippen molar-refractivity contribution in [2.75, 3.05) is 13.1 Å². The highest BCUT2D eigenvalue weighted by Crippen LogP contribution is 2.36. The Morgan fingerprint density at radius 2 is 1.96 bits per heavy atom. The van der Waals surface area contributed by atoms with Crippen LogP contribution in [0.25, 0.3) is 22.2 Å². The van der Waals surface area contributed by atoms with Crippen molar-refractivity contribution in [2.45, 2.75) is 12.8 Å². The van der Waals surface area contributed by atoms with Gasteiger partial charge in [0.1, 0.15) is 5.75 Å². The van der Waals surface area contributed by atoms with Crippen LogP contribution in [0.5, 0.6) is 5.75 Å². The maximum absolute atomic E-state index is 11.4. The molecule has 1 amide bonds. The van der Waals surface area contributed by atoms with E-state index in [0.29, 0.717) is 17.2 Å². The summed E-state index contributed by atoms with van der Waals surface area (Å²) in [5.74, 6) is 0.620. The molecule has 1 fully saturated rings. The molecule has 126 valence electrons.